The van der Waals surface area contributed by atoms with Gasteiger partial charge in [0, 0.05) is 11.5 Å². The SMILES string of the molecule is COc1cc(-c2ccc(-n3c(=O)ccc4cc(S(=O)Oc5c(F)c(F)c(F)c(F)c5F)ccc43)c(OC)c2)ccc1C. The van der Waals surface area contributed by atoms with E-state index in [0.29, 0.717) is 28.1 Å². The van der Waals surface area contributed by atoms with Gasteiger partial charge in [-0.3, -0.25) is 9.36 Å². The Morgan fingerprint density at radius 2 is 1.29 bits per heavy atom. The van der Waals surface area contributed by atoms with Crippen LogP contribution in [0.4, 0.5) is 22.0 Å². The minimum absolute atomic E-state index is 0.160. The molecule has 4 aromatic carbocycles. The molecule has 5 aromatic rings. The average Bonchev–Trinajstić information content (AvgIpc) is 3.00. The minimum Gasteiger partial charge on any atom is -0.496 e. The standard InChI is InChI=1S/C30H20F5NO5S/c1-15-4-5-16(13-22(15)39-2)17-6-9-21(23(14-17)40-3)36-20-10-8-19(12-18(20)7-11-24(36)37)42(38)41-30-28(34)26(32)25(31)27(33)29(30)35/h4-14H,1-3H3. The zero-order valence-corrected chi connectivity index (χ0v) is 23.0. The number of fused-ring (bicyclic) bond motifs is 1. The van der Waals surface area contributed by atoms with Crippen LogP contribution in [-0.2, 0) is 11.1 Å². The molecule has 0 N–H and O–H groups in total. The van der Waals surface area contributed by atoms with Gasteiger partial charge in [0.2, 0.25) is 45.9 Å². The Morgan fingerprint density at radius 3 is 1.93 bits per heavy atom. The van der Waals surface area contributed by atoms with Gasteiger partial charge in [-0.25, -0.2) is 17.4 Å². The van der Waals surface area contributed by atoms with Crippen molar-refractivity contribution in [3.05, 3.63) is 112 Å². The van der Waals surface area contributed by atoms with Gasteiger partial charge in [-0.05, 0) is 66.1 Å². The third-order valence-corrected chi connectivity index (χ3v) is 7.51. The Hall–Kier alpha value is -4.71. The molecule has 42 heavy (non-hydrogen) atoms. The predicted octanol–water partition coefficient (Wildman–Crippen LogP) is 6.78. The summed E-state index contributed by atoms with van der Waals surface area (Å²) < 4.78 is 98.3. The van der Waals surface area contributed by atoms with E-state index in [2.05, 4.69) is 4.18 Å². The number of rotatable bonds is 7. The van der Waals surface area contributed by atoms with Crippen LogP contribution in [0.1, 0.15) is 5.56 Å². The fourth-order valence-corrected chi connectivity index (χ4v) is 5.20. The summed E-state index contributed by atoms with van der Waals surface area (Å²) in [5.41, 5.74) is 2.94. The molecule has 0 bridgehead atoms. The van der Waals surface area contributed by atoms with E-state index in [1.165, 1.54) is 42.0 Å². The smallest absolute Gasteiger partial charge is 0.255 e. The van der Waals surface area contributed by atoms with Gasteiger partial charge in [-0.15, -0.1) is 0 Å². The zero-order valence-electron chi connectivity index (χ0n) is 22.1. The molecule has 0 radical (unpaired) electrons. The van der Waals surface area contributed by atoms with E-state index in [4.69, 9.17) is 9.47 Å². The van der Waals surface area contributed by atoms with Crippen LogP contribution in [0.3, 0.4) is 0 Å². The Kier molecular flexibility index (Phi) is 7.74. The Labute approximate surface area is 238 Å². The van der Waals surface area contributed by atoms with E-state index >= 15 is 0 Å². The third-order valence-electron chi connectivity index (χ3n) is 6.55. The minimum atomic E-state index is -2.68. The lowest BCUT2D eigenvalue weighted by molar-refractivity contribution is 0.352. The fourth-order valence-electron chi connectivity index (χ4n) is 4.40. The quantitative estimate of drug-likeness (QED) is 0.117. The van der Waals surface area contributed by atoms with Gasteiger partial charge >= 0.3 is 0 Å². The number of aryl methyl sites for hydroxylation is 1. The lowest BCUT2D eigenvalue weighted by Crippen LogP contribution is -2.18. The normalized spacial score (nSPS) is 11.9. The topological polar surface area (TPSA) is 66.8 Å². The number of benzene rings is 4. The highest BCUT2D eigenvalue weighted by Crippen LogP contribution is 2.34. The van der Waals surface area contributed by atoms with Crippen LogP contribution in [0.25, 0.3) is 27.7 Å². The molecule has 6 nitrogen and oxygen atoms in total. The summed E-state index contributed by atoms with van der Waals surface area (Å²) >= 11 is -2.68. The highest BCUT2D eigenvalue weighted by molar-refractivity contribution is 7.80. The summed E-state index contributed by atoms with van der Waals surface area (Å²) in [6, 6.07) is 17.6. The molecule has 0 spiro atoms. The molecule has 0 fully saturated rings. The molecule has 0 saturated carbocycles. The Balaban J connectivity index is 1.55. The van der Waals surface area contributed by atoms with Crippen molar-refractivity contribution in [3.63, 3.8) is 0 Å². The predicted molar refractivity (Wildman–Crippen MR) is 146 cm³/mol. The molecular weight excluding hydrogens is 581 g/mol. The molecule has 5 rings (SSSR count). The highest BCUT2D eigenvalue weighted by Gasteiger charge is 2.29. The van der Waals surface area contributed by atoms with Gasteiger partial charge < -0.3 is 13.7 Å². The van der Waals surface area contributed by atoms with Gasteiger partial charge in [0.25, 0.3) is 5.56 Å². The van der Waals surface area contributed by atoms with Crippen molar-refractivity contribution in [1.29, 1.82) is 0 Å². The summed E-state index contributed by atoms with van der Waals surface area (Å²) in [5, 5.41) is 0.357. The van der Waals surface area contributed by atoms with Crippen LogP contribution < -0.4 is 19.2 Å². The summed E-state index contributed by atoms with van der Waals surface area (Å²) in [6.07, 6.45) is 0. The van der Waals surface area contributed by atoms with E-state index in [9.17, 15) is 31.0 Å². The van der Waals surface area contributed by atoms with Crippen LogP contribution in [0, 0.1) is 36.0 Å². The van der Waals surface area contributed by atoms with Crippen LogP contribution in [0.15, 0.2) is 76.4 Å². The van der Waals surface area contributed by atoms with Gasteiger partial charge in [0.05, 0.1) is 30.3 Å². The fraction of sp³-hybridized carbons (Fsp3) is 0.100. The largest absolute Gasteiger partial charge is 0.496 e. The molecule has 12 heteroatoms. The molecule has 1 atom stereocenters. The summed E-state index contributed by atoms with van der Waals surface area (Å²) in [5.74, 6) is -11.9. The van der Waals surface area contributed by atoms with Crippen molar-refractivity contribution in [2.45, 2.75) is 11.8 Å². The summed E-state index contributed by atoms with van der Waals surface area (Å²) in [6.45, 7) is 1.92. The Bertz CT molecular complexity index is 1930. The van der Waals surface area contributed by atoms with Crippen molar-refractivity contribution in [1.82, 2.24) is 4.57 Å². The van der Waals surface area contributed by atoms with Crippen LogP contribution in [0.2, 0.25) is 0 Å². The molecule has 1 unspecified atom stereocenters. The van der Waals surface area contributed by atoms with E-state index in [0.717, 1.165) is 16.7 Å². The van der Waals surface area contributed by atoms with E-state index in [-0.39, 0.29) is 4.90 Å². The van der Waals surface area contributed by atoms with Gasteiger partial charge in [0.1, 0.15) is 11.5 Å². The van der Waals surface area contributed by atoms with Crippen LogP contribution in [-0.4, -0.2) is 23.0 Å². The monoisotopic (exact) mass is 601 g/mol. The maximum atomic E-state index is 14.0. The van der Waals surface area contributed by atoms with E-state index in [1.807, 2.05) is 25.1 Å². The molecule has 0 aliphatic rings. The molecule has 0 aliphatic carbocycles. The highest BCUT2D eigenvalue weighted by atomic mass is 32.2. The first-order chi connectivity index (χ1) is 20.0. The Morgan fingerprint density at radius 1 is 0.690 bits per heavy atom. The number of hydrogen-bond acceptors (Lipinski definition) is 5. The molecule has 1 aromatic heterocycles. The summed E-state index contributed by atoms with van der Waals surface area (Å²) in [4.78, 5) is 12.9. The summed E-state index contributed by atoms with van der Waals surface area (Å²) in [7, 11) is 3.03. The first kappa shape index (κ1) is 28.8. The van der Waals surface area contributed by atoms with Gasteiger partial charge in [-0.1, -0.05) is 18.2 Å². The third kappa shape index (κ3) is 4.98. The number of nitrogens with zero attached hydrogens (tertiary/aromatic N) is 1. The molecular formula is C30H20F5NO5S. The average molecular weight is 602 g/mol. The second-order valence-corrected chi connectivity index (χ2v) is 10.1. The lowest BCUT2D eigenvalue weighted by Gasteiger charge is -2.16. The molecule has 0 amide bonds. The van der Waals surface area contributed by atoms with Crippen molar-refractivity contribution in [3.8, 4) is 34.1 Å². The maximum Gasteiger partial charge on any atom is 0.255 e. The lowest BCUT2D eigenvalue weighted by atomic mass is 10.0. The van der Waals surface area contributed by atoms with Crippen LogP contribution >= 0.6 is 0 Å². The van der Waals surface area contributed by atoms with Crippen molar-refractivity contribution >= 4 is 22.0 Å². The van der Waals surface area contributed by atoms with Gasteiger partial charge in [-0.2, -0.15) is 8.78 Å². The molecule has 0 aliphatic heterocycles. The number of halogens is 5. The zero-order chi connectivity index (χ0) is 30.3. The second-order valence-electron chi connectivity index (χ2n) is 9.02. The van der Waals surface area contributed by atoms with E-state index < -0.39 is 51.5 Å². The second kappa shape index (κ2) is 11.3. The molecule has 0 saturated heterocycles. The van der Waals surface area contributed by atoms with E-state index in [1.54, 1.807) is 25.3 Å². The first-order valence-electron chi connectivity index (χ1n) is 12.2. The van der Waals surface area contributed by atoms with Gasteiger partial charge in [0.15, 0.2) is 0 Å². The van der Waals surface area contributed by atoms with Crippen LogP contribution in [0.5, 0.6) is 17.2 Å². The van der Waals surface area contributed by atoms with Crippen molar-refractivity contribution < 1.29 is 39.8 Å². The van der Waals surface area contributed by atoms with Crippen molar-refractivity contribution in [2.75, 3.05) is 14.2 Å². The molecule has 1 heterocycles. The number of ether oxygens (including phenoxy) is 2. The first-order valence-corrected chi connectivity index (χ1v) is 13.2. The number of pyridine rings is 1. The number of aromatic nitrogens is 1. The maximum absolute atomic E-state index is 14.0. The number of methoxy groups -OCH3 is 2. The van der Waals surface area contributed by atoms with Crippen molar-refractivity contribution in [2.24, 2.45) is 0 Å². The number of hydrogen-bond donors (Lipinski definition) is 0. The molecule has 216 valence electrons.